The lowest BCUT2D eigenvalue weighted by molar-refractivity contribution is -0.135. The van der Waals surface area contributed by atoms with E-state index in [9.17, 15) is 13.2 Å². The lowest BCUT2D eigenvalue weighted by Crippen LogP contribution is -2.18. The second kappa shape index (κ2) is 4.97. The molecule has 1 N–H and O–H groups in total. The summed E-state index contributed by atoms with van der Waals surface area (Å²) in [7, 11) is 0. The Balaban J connectivity index is 3.10. The van der Waals surface area contributed by atoms with Gasteiger partial charge in [-0.2, -0.15) is 18.4 Å². The van der Waals surface area contributed by atoms with Crippen molar-refractivity contribution in [1.29, 1.82) is 5.26 Å². The highest BCUT2D eigenvalue weighted by Crippen LogP contribution is 2.20. The number of nitrogens with one attached hydrogen (secondary N) is 1. The average Bonchev–Trinajstić information content (AvgIpc) is 1.85. The van der Waals surface area contributed by atoms with Gasteiger partial charge in [0.15, 0.2) is 0 Å². The van der Waals surface area contributed by atoms with Gasteiger partial charge in [0.2, 0.25) is 0 Å². The molecule has 0 amide bonds. The predicted molar refractivity (Wildman–Crippen MR) is 33.8 cm³/mol. The van der Waals surface area contributed by atoms with Crippen LogP contribution in [0.15, 0.2) is 0 Å². The third-order valence-electron chi connectivity index (χ3n) is 1.02. The molecule has 0 spiro atoms. The topological polar surface area (TPSA) is 35.8 Å². The molecule has 64 valence electrons. The lowest BCUT2D eigenvalue weighted by atomic mass is 10.3. The molecule has 0 fully saturated rings. The zero-order valence-corrected chi connectivity index (χ0v) is 5.91. The molecule has 0 unspecified atom stereocenters. The van der Waals surface area contributed by atoms with E-state index in [1.165, 1.54) is 0 Å². The highest BCUT2D eigenvalue weighted by atomic mass is 19.4. The van der Waals surface area contributed by atoms with Crippen molar-refractivity contribution < 1.29 is 13.2 Å². The number of nitrogens with zero attached hydrogens (tertiary/aromatic N) is 1. The number of hydrogen-bond acceptors (Lipinski definition) is 2. The molecular formula is C6H9F3N2. The van der Waals surface area contributed by atoms with Crippen molar-refractivity contribution in [3.63, 3.8) is 0 Å². The molecule has 0 aliphatic carbocycles. The largest absolute Gasteiger partial charge is 0.389 e. The Bertz CT molecular complexity index is 136. The summed E-state index contributed by atoms with van der Waals surface area (Å²) < 4.78 is 34.4. The zero-order valence-electron chi connectivity index (χ0n) is 5.91. The van der Waals surface area contributed by atoms with E-state index in [0.717, 1.165) is 0 Å². The molecule has 2 nitrogen and oxygen atoms in total. The number of rotatable bonds is 4. The summed E-state index contributed by atoms with van der Waals surface area (Å²) in [6.45, 7) is 0.352. The van der Waals surface area contributed by atoms with Crippen molar-refractivity contribution in [3.8, 4) is 6.07 Å². The van der Waals surface area contributed by atoms with Crippen molar-refractivity contribution in [3.05, 3.63) is 0 Å². The first-order chi connectivity index (χ1) is 5.06. The second-order valence-corrected chi connectivity index (χ2v) is 2.05. The van der Waals surface area contributed by atoms with Gasteiger partial charge in [0.05, 0.1) is 12.6 Å². The summed E-state index contributed by atoms with van der Waals surface area (Å²) in [4.78, 5) is 0. The van der Waals surface area contributed by atoms with Crippen LogP contribution in [0.3, 0.4) is 0 Å². The predicted octanol–water partition coefficient (Wildman–Crippen LogP) is 1.44. The molecule has 0 rings (SSSR count). The average molecular weight is 166 g/mol. The van der Waals surface area contributed by atoms with Crippen molar-refractivity contribution in [1.82, 2.24) is 5.32 Å². The van der Waals surface area contributed by atoms with E-state index in [1.54, 1.807) is 6.07 Å². The Morgan fingerprint density at radius 3 is 2.45 bits per heavy atom. The van der Waals surface area contributed by atoms with Crippen molar-refractivity contribution >= 4 is 0 Å². The first-order valence-electron chi connectivity index (χ1n) is 3.20. The van der Waals surface area contributed by atoms with Gasteiger partial charge in [-0.15, -0.1) is 0 Å². The maximum Gasteiger partial charge on any atom is 0.389 e. The molecule has 0 bridgehead atoms. The fraction of sp³-hybridized carbons (Fsp3) is 0.833. The molecule has 0 radical (unpaired) electrons. The summed E-state index contributed by atoms with van der Waals surface area (Å²) in [5.74, 6) is 0. The van der Waals surface area contributed by atoms with Crippen molar-refractivity contribution in [2.75, 3.05) is 13.1 Å². The van der Waals surface area contributed by atoms with Crippen LogP contribution in [-0.2, 0) is 0 Å². The molecule has 0 aromatic rings. The maximum atomic E-state index is 11.5. The SMILES string of the molecule is N#CCNCCCC(F)(F)F. The summed E-state index contributed by atoms with van der Waals surface area (Å²) in [5.41, 5.74) is 0. The quantitative estimate of drug-likeness (QED) is 0.506. The van der Waals surface area contributed by atoms with Gasteiger partial charge in [0.25, 0.3) is 0 Å². The smallest absolute Gasteiger partial charge is 0.304 e. The van der Waals surface area contributed by atoms with Gasteiger partial charge in [-0.25, -0.2) is 0 Å². The van der Waals surface area contributed by atoms with Crippen LogP contribution < -0.4 is 5.32 Å². The van der Waals surface area contributed by atoms with Crippen LogP contribution in [0.25, 0.3) is 0 Å². The third kappa shape index (κ3) is 9.24. The van der Waals surface area contributed by atoms with E-state index in [0.29, 0.717) is 0 Å². The van der Waals surface area contributed by atoms with E-state index in [4.69, 9.17) is 5.26 Å². The Hall–Kier alpha value is -0.760. The minimum Gasteiger partial charge on any atom is -0.304 e. The first kappa shape index (κ1) is 10.2. The molecule has 0 atom stereocenters. The fourth-order valence-corrected chi connectivity index (χ4v) is 0.558. The van der Waals surface area contributed by atoms with E-state index in [-0.39, 0.29) is 19.5 Å². The molecule has 0 heterocycles. The van der Waals surface area contributed by atoms with Gasteiger partial charge in [-0.1, -0.05) is 0 Å². The number of alkyl halides is 3. The third-order valence-corrected chi connectivity index (χ3v) is 1.02. The minimum absolute atomic E-state index is 0.0329. The summed E-state index contributed by atoms with van der Waals surface area (Å²) in [6, 6.07) is 1.77. The Kier molecular flexibility index (Phi) is 4.62. The van der Waals surface area contributed by atoms with Crippen LogP contribution in [0.1, 0.15) is 12.8 Å². The maximum absolute atomic E-state index is 11.5. The molecule has 5 heteroatoms. The van der Waals surface area contributed by atoms with Gasteiger partial charge in [-0.3, -0.25) is 0 Å². The van der Waals surface area contributed by atoms with Crippen molar-refractivity contribution in [2.45, 2.75) is 19.0 Å². The van der Waals surface area contributed by atoms with Gasteiger partial charge in [0.1, 0.15) is 0 Å². The molecule has 0 saturated carbocycles. The zero-order chi connectivity index (χ0) is 8.74. The number of halogens is 3. The van der Waals surface area contributed by atoms with E-state index < -0.39 is 12.6 Å². The summed E-state index contributed by atoms with van der Waals surface area (Å²) in [5, 5.41) is 10.5. The molecule has 0 saturated heterocycles. The molecule has 0 aliphatic heterocycles. The Morgan fingerprint density at radius 2 is 2.00 bits per heavy atom. The monoisotopic (exact) mass is 166 g/mol. The normalized spacial score (nSPS) is 11.1. The van der Waals surface area contributed by atoms with Gasteiger partial charge < -0.3 is 5.32 Å². The Morgan fingerprint density at radius 1 is 1.36 bits per heavy atom. The standard InChI is InChI=1S/C6H9F3N2/c7-6(8,9)2-1-4-11-5-3-10/h11H,1-2,4-5H2. The van der Waals surface area contributed by atoms with Gasteiger partial charge in [-0.05, 0) is 13.0 Å². The second-order valence-electron chi connectivity index (χ2n) is 2.05. The highest BCUT2D eigenvalue weighted by Gasteiger charge is 2.25. The van der Waals surface area contributed by atoms with E-state index in [2.05, 4.69) is 5.32 Å². The van der Waals surface area contributed by atoms with Gasteiger partial charge >= 0.3 is 6.18 Å². The Labute approximate surface area is 63.0 Å². The molecule has 0 aromatic carbocycles. The van der Waals surface area contributed by atoms with Crippen molar-refractivity contribution in [2.24, 2.45) is 0 Å². The van der Waals surface area contributed by atoms with Crippen LogP contribution in [0, 0.1) is 11.3 Å². The molecule has 11 heavy (non-hydrogen) atoms. The van der Waals surface area contributed by atoms with E-state index >= 15 is 0 Å². The molecule has 0 aromatic heterocycles. The highest BCUT2D eigenvalue weighted by molar-refractivity contribution is 4.72. The lowest BCUT2D eigenvalue weighted by Gasteiger charge is -2.04. The number of nitriles is 1. The van der Waals surface area contributed by atoms with Crippen LogP contribution in [0.2, 0.25) is 0 Å². The fourth-order valence-electron chi connectivity index (χ4n) is 0.558. The minimum atomic E-state index is -4.08. The molecular weight excluding hydrogens is 157 g/mol. The van der Waals surface area contributed by atoms with Crippen LogP contribution in [0.5, 0.6) is 0 Å². The summed E-state index contributed by atoms with van der Waals surface area (Å²) >= 11 is 0. The van der Waals surface area contributed by atoms with Crippen LogP contribution in [-0.4, -0.2) is 19.3 Å². The molecule has 0 aliphatic rings. The van der Waals surface area contributed by atoms with Gasteiger partial charge in [0, 0.05) is 6.42 Å². The number of hydrogen-bond donors (Lipinski definition) is 1. The first-order valence-corrected chi connectivity index (χ1v) is 3.20. The van der Waals surface area contributed by atoms with Crippen LogP contribution in [0.4, 0.5) is 13.2 Å². The van der Waals surface area contributed by atoms with Crippen LogP contribution >= 0.6 is 0 Å². The summed E-state index contributed by atoms with van der Waals surface area (Å²) in [6.07, 6.45) is -4.83. The van der Waals surface area contributed by atoms with E-state index in [1.807, 2.05) is 0 Å².